The summed E-state index contributed by atoms with van der Waals surface area (Å²) in [6.45, 7) is 3.12. The molecule has 146 valence electrons. The Kier molecular flexibility index (Phi) is 5.75. The molecule has 8 nitrogen and oxygen atoms in total. The lowest BCUT2D eigenvalue weighted by molar-refractivity contribution is 0.0600. The monoisotopic (exact) mass is 408 g/mol. The molecule has 1 N–H and O–H groups in total. The van der Waals surface area contributed by atoms with E-state index in [1.54, 1.807) is 6.92 Å². The van der Waals surface area contributed by atoms with E-state index in [1.165, 1.54) is 50.1 Å². The van der Waals surface area contributed by atoms with Crippen molar-refractivity contribution in [3.63, 3.8) is 0 Å². The molecule has 1 aromatic carbocycles. The number of Topliss-reactive ketones (excluding diaryl/α,β-unsaturated/α-hetero) is 1. The van der Waals surface area contributed by atoms with Gasteiger partial charge in [0.15, 0.2) is 5.78 Å². The van der Waals surface area contributed by atoms with Gasteiger partial charge in [0.05, 0.1) is 34.9 Å². The number of nitriles is 1. The van der Waals surface area contributed by atoms with Gasteiger partial charge in [-0.1, -0.05) is 11.8 Å². The number of pyridine rings is 1. The van der Waals surface area contributed by atoms with Crippen LogP contribution in [-0.4, -0.2) is 33.8 Å². The fourth-order valence-electron chi connectivity index (χ4n) is 2.77. The molecule has 0 unspecified atom stereocenters. The molecule has 0 bridgehead atoms. The zero-order chi connectivity index (χ0) is 21.1. The highest BCUT2D eigenvalue weighted by Crippen LogP contribution is 2.25. The van der Waals surface area contributed by atoms with Crippen molar-refractivity contribution in [2.45, 2.75) is 24.6 Å². The van der Waals surface area contributed by atoms with Crippen molar-refractivity contribution in [1.82, 2.24) is 15.0 Å². The normalized spacial score (nSPS) is 10.6. The number of esters is 1. The fourth-order valence-corrected chi connectivity index (χ4v) is 3.64. The molecule has 0 fully saturated rings. The molecule has 3 aromatic rings. The summed E-state index contributed by atoms with van der Waals surface area (Å²) in [4.78, 5) is 47.1. The van der Waals surface area contributed by atoms with Crippen LogP contribution in [0.25, 0.3) is 10.9 Å². The number of nitrogens with zero attached hydrogens (tertiary/aromatic N) is 3. The molecule has 0 aliphatic rings. The van der Waals surface area contributed by atoms with Crippen LogP contribution in [0.15, 0.2) is 34.1 Å². The lowest BCUT2D eigenvalue weighted by atomic mass is 10.1. The lowest BCUT2D eigenvalue weighted by Crippen LogP contribution is -2.12. The molecule has 0 saturated heterocycles. The largest absolute Gasteiger partial charge is 0.465 e. The minimum atomic E-state index is -0.520. The van der Waals surface area contributed by atoms with Gasteiger partial charge in [0.2, 0.25) is 0 Å². The molecule has 0 aliphatic carbocycles. The van der Waals surface area contributed by atoms with Gasteiger partial charge in [-0.25, -0.2) is 14.8 Å². The first-order valence-corrected chi connectivity index (χ1v) is 9.49. The van der Waals surface area contributed by atoms with E-state index in [-0.39, 0.29) is 22.7 Å². The van der Waals surface area contributed by atoms with E-state index in [9.17, 15) is 19.6 Å². The standard InChI is InChI=1S/C20H16N4O4S/c1-10-15(11(2)25)6-13(8-21)19(22-10)29-9-17-23-16-7-12(20(27)28-3)4-5-14(16)18(26)24-17/h4-7H,9H2,1-3H3,(H,23,24,26). The summed E-state index contributed by atoms with van der Waals surface area (Å²) in [6.07, 6.45) is 0. The summed E-state index contributed by atoms with van der Waals surface area (Å²) < 4.78 is 4.69. The van der Waals surface area contributed by atoms with Crippen LogP contribution in [0.1, 0.15) is 44.7 Å². The van der Waals surface area contributed by atoms with Crippen molar-refractivity contribution in [2.75, 3.05) is 7.11 Å². The number of ether oxygens (including phenoxy) is 1. The Balaban J connectivity index is 1.94. The quantitative estimate of drug-likeness (QED) is 0.388. The Hall–Kier alpha value is -3.51. The number of nitrogens with one attached hydrogen (secondary N) is 1. The number of hydrogen-bond donors (Lipinski definition) is 1. The van der Waals surface area contributed by atoms with Crippen LogP contribution in [0.2, 0.25) is 0 Å². The van der Waals surface area contributed by atoms with Crippen LogP contribution in [-0.2, 0) is 10.5 Å². The molecule has 0 atom stereocenters. The van der Waals surface area contributed by atoms with Gasteiger partial charge < -0.3 is 9.72 Å². The second-order valence-corrected chi connectivity index (χ2v) is 7.13. The number of H-pyrrole nitrogens is 1. The van der Waals surface area contributed by atoms with E-state index in [4.69, 9.17) is 4.74 Å². The number of rotatable bonds is 5. The summed E-state index contributed by atoms with van der Waals surface area (Å²) in [7, 11) is 1.28. The number of carbonyl (C=O) groups is 2. The second-order valence-electron chi connectivity index (χ2n) is 6.17. The minimum absolute atomic E-state index is 0.162. The van der Waals surface area contributed by atoms with Crippen molar-refractivity contribution >= 4 is 34.4 Å². The van der Waals surface area contributed by atoms with E-state index in [1.807, 2.05) is 6.07 Å². The third-order valence-corrected chi connectivity index (χ3v) is 5.20. The van der Waals surface area contributed by atoms with Gasteiger partial charge in [0.1, 0.15) is 16.9 Å². The van der Waals surface area contributed by atoms with Gasteiger partial charge >= 0.3 is 5.97 Å². The van der Waals surface area contributed by atoms with E-state index in [0.29, 0.717) is 38.6 Å². The fraction of sp³-hybridized carbons (Fsp3) is 0.200. The minimum Gasteiger partial charge on any atom is -0.465 e. The van der Waals surface area contributed by atoms with E-state index in [0.717, 1.165) is 0 Å². The lowest BCUT2D eigenvalue weighted by Gasteiger charge is -2.08. The summed E-state index contributed by atoms with van der Waals surface area (Å²) in [5.41, 5.74) is 1.53. The number of carbonyl (C=O) groups excluding carboxylic acids is 2. The maximum Gasteiger partial charge on any atom is 0.337 e. The average Bonchev–Trinajstić information content (AvgIpc) is 2.70. The summed E-state index contributed by atoms with van der Waals surface area (Å²) in [5, 5.41) is 10.2. The molecular formula is C20H16N4O4S. The highest BCUT2D eigenvalue weighted by molar-refractivity contribution is 7.98. The number of hydrogen-bond acceptors (Lipinski definition) is 8. The van der Waals surface area contributed by atoms with E-state index in [2.05, 4.69) is 15.0 Å². The van der Waals surface area contributed by atoms with Crippen LogP contribution >= 0.6 is 11.8 Å². The Labute approximate surface area is 169 Å². The summed E-state index contributed by atoms with van der Waals surface area (Å²) in [6, 6.07) is 8.08. The zero-order valence-corrected chi connectivity index (χ0v) is 16.7. The number of aryl methyl sites for hydroxylation is 1. The molecule has 0 amide bonds. The first-order chi connectivity index (χ1) is 13.8. The van der Waals surface area contributed by atoms with Crippen LogP contribution in [0.4, 0.5) is 0 Å². The third-order valence-electron chi connectivity index (χ3n) is 4.20. The number of methoxy groups -OCH3 is 1. The Morgan fingerprint density at radius 2 is 2.03 bits per heavy atom. The van der Waals surface area contributed by atoms with Crippen molar-refractivity contribution in [3.05, 3.63) is 62.8 Å². The SMILES string of the molecule is COC(=O)c1ccc2c(=O)[nH]c(CSc3nc(C)c(C(C)=O)cc3C#N)nc2c1. The smallest absolute Gasteiger partial charge is 0.337 e. The van der Waals surface area contributed by atoms with Crippen molar-refractivity contribution in [1.29, 1.82) is 5.26 Å². The molecule has 0 radical (unpaired) electrons. The third kappa shape index (κ3) is 4.17. The Morgan fingerprint density at radius 3 is 2.69 bits per heavy atom. The molecule has 0 saturated carbocycles. The van der Waals surface area contributed by atoms with Gasteiger partial charge in [-0.15, -0.1) is 0 Å². The van der Waals surface area contributed by atoms with Gasteiger partial charge in [-0.3, -0.25) is 9.59 Å². The van der Waals surface area contributed by atoms with Crippen LogP contribution in [0.5, 0.6) is 0 Å². The van der Waals surface area contributed by atoms with Gasteiger partial charge in [-0.05, 0) is 38.1 Å². The van der Waals surface area contributed by atoms with Crippen LogP contribution < -0.4 is 5.56 Å². The van der Waals surface area contributed by atoms with Crippen LogP contribution in [0.3, 0.4) is 0 Å². The molecular weight excluding hydrogens is 392 g/mol. The van der Waals surface area contributed by atoms with E-state index >= 15 is 0 Å². The molecule has 2 heterocycles. The number of aromatic amines is 1. The first-order valence-electron chi connectivity index (χ1n) is 8.50. The summed E-state index contributed by atoms with van der Waals surface area (Å²) >= 11 is 1.22. The van der Waals surface area contributed by atoms with Gasteiger partial charge in [0, 0.05) is 11.3 Å². The average molecular weight is 408 g/mol. The Bertz CT molecular complexity index is 1240. The predicted molar refractivity (Wildman–Crippen MR) is 107 cm³/mol. The van der Waals surface area contributed by atoms with Gasteiger partial charge in [0.25, 0.3) is 5.56 Å². The van der Waals surface area contributed by atoms with Crippen LogP contribution in [0, 0.1) is 18.3 Å². The number of benzene rings is 1. The topological polar surface area (TPSA) is 126 Å². The molecule has 3 rings (SSSR count). The zero-order valence-electron chi connectivity index (χ0n) is 15.9. The second kappa shape index (κ2) is 8.24. The molecule has 0 aliphatic heterocycles. The molecule has 0 spiro atoms. The van der Waals surface area contributed by atoms with Crippen molar-refractivity contribution in [2.24, 2.45) is 0 Å². The number of fused-ring (bicyclic) bond motifs is 1. The molecule has 2 aromatic heterocycles. The van der Waals surface area contributed by atoms with E-state index < -0.39 is 5.97 Å². The van der Waals surface area contributed by atoms with Crippen molar-refractivity contribution in [3.8, 4) is 6.07 Å². The van der Waals surface area contributed by atoms with Crippen molar-refractivity contribution < 1.29 is 14.3 Å². The molecule has 29 heavy (non-hydrogen) atoms. The number of aromatic nitrogens is 3. The molecule has 9 heteroatoms. The first kappa shape index (κ1) is 20.2. The summed E-state index contributed by atoms with van der Waals surface area (Å²) in [5.74, 6) is -0.0685. The number of thioether (sulfide) groups is 1. The maximum atomic E-state index is 12.3. The Morgan fingerprint density at radius 1 is 1.28 bits per heavy atom. The number of ketones is 1. The highest BCUT2D eigenvalue weighted by atomic mass is 32.2. The van der Waals surface area contributed by atoms with Gasteiger partial charge in [-0.2, -0.15) is 5.26 Å². The maximum absolute atomic E-state index is 12.3. The highest BCUT2D eigenvalue weighted by Gasteiger charge is 2.14. The predicted octanol–water partition coefficient (Wildman–Crippen LogP) is 2.78.